The molecule has 9 nitrogen and oxygen atoms in total. The van der Waals surface area contributed by atoms with Crippen molar-refractivity contribution in [2.24, 2.45) is 0 Å². The lowest BCUT2D eigenvalue weighted by Gasteiger charge is -2.16. The molecule has 0 saturated heterocycles. The van der Waals surface area contributed by atoms with Gasteiger partial charge in [-0.05, 0) is 0 Å². The first-order chi connectivity index (χ1) is 9.44. The van der Waals surface area contributed by atoms with Crippen molar-refractivity contribution in [3.63, 3.8) is 0 Å². The van der Waals surface area contributed by atoms with Crippen LogP contribution in [0.15, 0.2) is 23.7 Å². The highest BCUT2D eigenvalue weighted by molar-refractivity contribution is 7.92. The van der Waals surface area contributed by atoms with E-state index in [-0.39, 0.29) is 16.7 Å². The summed E-state index contributed by atoms with van der Waals surface area (Å²) in [6.45, 7) is 0. The van der Waals surface area contributed by atoms with E-state index in [2.05, 4.69) is 24.7 Å². The van der Waals surface area contributed by atoms with Crippen LogP contribution in [-0.4, -0.2) is 49.6 Å². The van der Waals surface area contributed by atoms with E-state index in [9.17, 15) is 8.42 Å². The van der Waals surface area contributed by atoms with Crippen molar-refractivity contribution in [1.29, 1.82) is 0 Å². The molecule has 0 fully saturated rings. The fourth-order valence-corrected chi connectivity index (χ4v) is 2.41. The average Bonchev–Trinajstić information content (AvgIpc) is 2.93. The predicted octanol–water partition coefficient (Wildman–Crippen LogP) is 0.0751. The number of sulfonamides is 1. The molecular formula is C10H14N6O3S. The molecule has 108 valence electrons. The topological polar surface area (TPSA) is 113 Å². The van der Waals surface area contributed by atoms with E-state index in [1.54, 1.807) is 19.0 Å². The van der Waals surface area contributed by atoms with E-state index in [0.717, 1.165) is 0 Å². The molecule has 2 aromatic heterocycles. The minimum Gasteiger partial charge on any atom is -0.467 e. The molecular weight excluding hydrogens is 284 g/mol. The van der Waals surface area contributed by atoms with Crippen molar-refractivity contribution in [1.82, 2.24) is 19.9 Å². The van der Waals surface area contributed by atoms with E-state index in [0.29, 0.717) is 5.82 Å². The number of aromatic amines is 1. The van der Waals surface area contributed by atoms with Gasteiger partial charge >= 0.3 is 6.01 Å². The molecule has 2 rings (SSSR count). The molecule has 0 unspecified atom stereocenters. The molecule has 2 aromatic rings. The Hall–Kier alpha value is -2.36. The molecule has 2 N–H and O–H groups in total. The summed E-state index contributed by atoms with van der Waals surface area (Å²) in [5.41, 5.74) is 0.241. The van der Waals surface area contributed by atoms with Crippen molar-refractivity contribution < 1.29 is 13.2 Å². The maximum atomic E-state index is 12.1. The fraction of sp³-hybridized carbons (Fsp3) is 0.300. The van der Waals surface area contributed by atoms with Crippen LogP contribution in [0.2, 0.25) is 0 Å². The summed E-state index contributed by atoms with van der Waals surface area (Å²) in [5.74, 6) is 0.389. The molecule has 0 bridgehead atoms. The monoisotopic (exact) mass is 298 g/mol. The van der Waals surface area contributed by atoms with Crippen LogP contribution in [0.5, 0.6) is 6.01 Å². The SMILES string of the molecule is COc1ncc(NS(=O)(=O)c2cnc[nH]2)c(N(C)C)n1. The first kappa shape index (κ1) is 14.1. The van der Waals surface area contributed by atoms with Crippen molar-refractivity contribution in [3.8, 4) is 6.01 Å². The minimum absolute atomic E-state index is 0.0435. The molecule has 0 aliphatic carbocycles. The lowest BCUT2D eigenvalue weighted by atomic mass is 10.4. The van der Waals surface area contributed by atoms with Gasteiger partial charge in [-0.3, -0.25) is 4.72 Å². The van der Waals surface area contributed by atoms with Crippen LogP contribution >= 0.6 is 0 Å². The van der Waals surface area contributed by atoms with Gasteiger partial charge in [-0.1, -0.05) is 0 Å². The number of nitrogens with zero attached hydrogens (tertiary/aromatic N) is 4. The minimum atomic E-state index is -3.76. The molecule has 2 heterocycles. The molecule has 0 atom stereocenters. The van der Waals surface area contributed by atoms with Crippen LogP contribution in [-0.2, 0) is 10.0 Å². The zero-order valence-corrected chi connectivity index (χ0v) is 12.0. The van der Waals surface area contributed by atoms with Crippen LogP contribution < -0.4 is 14.4 Å². The normalized spacial score (nSPS) is 11.2. The Labute approximate surface area is 116 Å². The zero-order valence-electron chi connectivity index (χ0n) is 11.2. The summed E-state index contributed by atoms with van der Waals surface area (Å²) in [6, 6.07) is 0.151. The van der Waals surface area contributed by atoms with E-state index in [1.807, 2.05) is 0 Å². The van der Waals surface area contributed by atoms with Gasteiger partial charge in [0.2, 0.25) is 0 Å². The lowest BCUT2D eigenvalue weighted by molar-refractivity contribution is 0.380. The lowest BCUT2D eigenvalue weighted by Crippen LogP contribution is -2.19. The first-order valence-electron chi connectivity index (χ1n) is 5.53. The van der Waals surface area contributed by atoms with Gasteiger partial charge in [0, 0.05) is 14.1 Å². The molecule has 0 aliphatic heterocycles. The van der Waals surface area contributed by atoms with Crippen LogP contribution in [0.4, 0.5) is 11.5 Å². The molecule has 0 amide bonds. The van der Waals surface area contributed by atoms with E-state index in [4.69, 9.17) is 4.74 Å². The summed E-state index contributed by atoms with van der Waals surface area (Å²) < 4.78 is 31.5. The van der Waals surface area contributed by atoms with Crippen LogP contribution in [0.3, 0.4) is 0 Å². The van der Waals surface area contributed by atoms with Crippen molar-refractivity contribution in [2.45, 2.75) is 5.03 Å². The smallest absolute Gasteiger partial charge is 0.318 e. The van der Waals surface area contributed by atoms with E-state index in [1.165, 1.54) is 25.8 Å². The van der Waals surface area contributed by atoms with Gasteiger partial charge < -0.3 is 14.6 Å². The maximum Gasteiger partial charge on any atom is 0.318 e. The molecule has 0 aromatic carbocycles. The number of rotatable bonds is 5. The Kier molecular flexibility index (Phi) is 3.74. The third-order valence-electron chi connectivity index (χ3n) is 2.36. The van der Waals surface area contributed by atoms with Crippen LogP contribution in [0.25, 0.3) is 0 Å². The summed E-state index contributed by atoms with van der Waals surface area (Å²) in [4.78, 5) is 15.8. The second-order valence-electron chi connectivity index (χ2n) is 4.01. The van der Waals surface area contributed by atoms with Gasteiger partial charge in [0.25, 0.3) is 10.0 Å². The second kappa shape index (κ2) is 5.33. The molecule has 0 aliphatic rings. The molecule has 0 radical (unpaired) electrons. The molecule has 10 heteroatoms. The Morgan fingerprint density at radius 3 is 2.65 bits per heavy atom. The number of H-pyrrole nitrogens is 1. The highest BCUT2D eigenvalue weighted by Crippen LogP contribution is 2.25. The van der Waals surface area contributed by atoms with Gasteiger partial charge in [0.15, 0.2) is 10.8 Å². The fourth-order valence-electron chi connectivity index (χ4n) is 1.46. The highest BCUT2D eigenvalue weighted by Gasteiger charge is 2.19. The highest BCUT2D eigenvalue weighted by atomic mass is 32.2. The van der Waals surface area contributed by atoms with Crippen LogP contribution in [0.1, 0.15) is 0 Å². The summed E-state index contributed by atoms with van der Waals surface area (Å²) >= 11 is 0. The number of hydrogen-bond acceptors (Lipinski definition) is 7. The number of aromatic nitrogens is 4. The Bertz CT molecular complexity index is 683. The van der Waals surface area contributed by atoms with E-state index < -0.39 is 10.0 Å². The Morgan fingerprint density at radius 2 is 2.10 bits per heavy atom. The van der Waals surface area contributed by atoms with Crippen LogP contribution in [0, 0.1) is 0 Å². The number of nitrogens with one attached hydrogen (secondary N) is 2. The summed E-state index contributed by atoms with van der Waals surface area (Å²) in [5, 5.41) is -0.0435. The van der Waals surface area contributed by atoms with Gasteiger partial charge in [-0.2, -0.15) is 13.4 Å². The molecule has 0 spiro atoms. The number of methoxy groups -OCH3 is 1. The summed E-state index contributed by atoms with van der Waals surface area (Å²) in [7, 11) is 1.14. The standard InChI is InChI=1S/C10H14N6O3S/c1-16(2)9-7(4-12-10(14-9)19-3)15-20(17,18)8-5-11-6-13-8/h4-6,15H,1-3H3,(H,11,13). The number of anilines is 2. The largest absolute Gasteiger partial charge is 0.467 e. The van der Waals surface area contributed by atoms with Gasteiger partial charge in [-0.25, -0.2) is 9.97 Å². The predicted molar refractivity (Wildman–Crippen MR) is 72.3 cm³/mol. The number of imidazole rings is 1. The Balaban J connectivity index is 2.39. The van der Waals surface area contributed by atoms with Crippen molar-refractivity contribution >= 4 is 21.5 Å². The van der Waals surface area contributed by atoms with Gasteiger partial charge in [0.05, 0.1) is 25.8 Å². The van der Waals surface area contributed by atoms with Gasteiger partial charge in [0.1, 0.15) is 5.69 Å². The number of ether oxygens (including phenoxy) is 1. The van der Waals surface area contributed by atoms with Crippen molar-refractivity contribution in [3.05, 3.63) is 18.7 Å². The average molecular weight is 298 g/mol. The van der Waals surface area contributed by atoms with E-state index >= 15 is 0 Å². The third kappa shape index (κ3) is 2.79. The number of hydrogen-bond donors (Lipinski definition) is 2. The maximum absolute atomic E-state index is 12.1. The zero-order chi connectivity index (χ0) is 14.8. The van der Waals surface area contributed by atoms with Crippen molar-refractivity contribution in [2.75, 3.05) is 30.8 Å². The van der Waals surface area contributed by atoms with Gasteiger partial charge in [-0.15, -0.1) is 0 Å². The third-order valence-corrected chi connectivity index (χ3v) is 3.65. The molecule has 0 saturated carbocycles. The first-order valence-corrected chi connectivity index (χ1v) is 7.02. The molecule has 20 heavy (non-hydrogen) atoms. The Morgan fingerprint density at radius 1 is 1.35 bits per heavy atom. The second-order valence-corrected chi connectivity index (χ2v) is 5.66. The quantitative estimate of drug-likeness (QED) is 0.803. The summed E-state index contributed by atoms with van der Waals surface area (Å²) in [6.07, 6.45) is 3.84.